The van der Waals surface area contributed by atoms with E-state index in [0.717, 1.165) is 10.2 Å². The highest BCUT2D eigenvalue weighted by Crippen LogP contribution is 2.34. The van der Waals surface area contributed by atoms with Gasteiger partial charge in [-0.2, -0.15) is 4.31 Å². The molecule has 0 aliphatic carbocycles. The third kappa shape index (κ3) is 2.70. The molecule has 1 saturated heterocycles. The number of halogens is 1. The maximum atomic E-state index is 12.5. The van der Waals surface area contributed by atoms with Gasteiger partial charge in [0.05, 0.1) is 3.79 Å². The number of benzene rings is 1. The van der Waals surface area contributed by atoms with Crippen LogP contribution in [0.4, 0.5) is 0 Å². The molecule has 0 spiro atoms. The van der Waals surface area contributed by atoms with Gasteiger partial charge in [0.2, 0.25) is 0 Å². The van der Waals surface area contributed by atoms with Crippen LogP contribution < -0.4 is 0 Å². The summed E-state index contributed by atoms with van der Waals surface area (Å²) in [5.74, 6) is 0.300. The van der Waals surface area contributed by atoms with Gasteiger partial charge in [-0.15, -0.1) is 11.3 Å². The van der Waals surface area contributed by atoms with Crippen molar-refractivity contribution in [3.63, 3.8) is 0 Å². The summed E-state index contributed by atoms with van der Waals surface area (Å²) in [6.45, 7) is 1.17. The van der Waals surface area contributed by atoms with E-state index in [-0.39, 0.29) is 0 Å². The number of nitrogens with zero attached hydrogens (tertiary/aromatic N) is 1. The molecule has 1 unspecified atom stereocenters. The van der Waals surface area contributed by atoms with Gasteiger partial charge in [0.1, 0.15) is 4.21 Å². The van der Waals surface area contributed by atoms with Crippen LogP contribution in [0, 0.1) is 0 Å². The van der Waals surface area contributed by atoms with Crippen molar-refractivity contribution < 1.29 is 8.42 Å². The van der Waals surface area contributed by atoms with Crippen LogP contribution in [0.3, 0.4) is 0 Å². The predicted molar refractivity (Wildman–Crippen MR) is 84.6 cm³/mol. The molecule has 2 heterocycles. The second kappa shape index (κ2) is 5.60. The van der Waals surface area contributed by atoms with Gasteiger partial charge in [-0.25, -0.2) is 8.42 Å². The average Bonchev–Trinajstić information content (AvgIpc) is 3.09. The number of hydrogen-bond donors (Lipinski definition) is 0. The van der Waals surface area contributed by atoms with Gasteiger partial charge < -0.3 is 0 Å². The van der Waals surface area contributed by atoms with Crippen LogP contribution in [0.5, 0.6) is 0 Å². The van der Waals surface area contributed by atoms with Crippen LogP contribution in [0.1, 0.15) is 17.9 Å². The lowest BCUT2D eigenvalue weighted by molar-refractivity contribution is 0.474. The third-order valence-electron chi connectivity index (χ3n) is 3.56. The first-order valence-electron chi connectivity index (χ1n) is 6.38. The smallest absolute Gasteiger partial charge is 0.206 e. The summed E-state index contributed by atoms with van der Waals surface area (Å²) in [5, 5.41) is 0. The Bertz CT molecular complexity index is 697. The highest BCUT2D eigenvalue weighted by Gasteiger charge is 2.33. The van der Waals surface area contributed by atoms with E-state index < -0.39 is 10.0 Å². The Labute approximate surface area is 131 Å². The Hall–Kier alpha value is -0.690. The summed E-state index contributed by atoms with van der Waals surface area (Å²) < 4.78 is 27.9. The van der Waals surface area contributed by atoms with Crippen LogP contribution in [0.2, 0.25) is 0 Å². The van der Waals surface area contributed by atoms with Crippen molar-refractivity contribution in [2.75, 3.05) is 13.1 Å². The number of thiophene rings is 1. The quantitative estimate of drug-likeness (QED) is 0.824. The fourth-order valence-corrected chi connectivity index (χ4v) is 6.17. The summed E-state index contributed by atoms with van der Waals surface area (Å²) in [6.07, 6.45) is 0.885. The minimum atomic E-state index is -3.34. The molecular formula is C14H14BrNO2S2. The van der Waals surface area contributed by atoms with Crippen molar-refractivity contribution >= 4 is 37.3 Å². The van der Waals surface area contributed by atoms with Crippen molar-refractivity contribution in [3.05, 3.63) is 51.8 Å². The molecule has 1 aliphatic rings. The zero-order valence-corrected chi connectivity index (χ0v) is 13.9. The van der Waals surface area contributed by atoms with E-state index >= 15 is 0 Å². The van der Waals surface area contributed by atoms with Crippen LogP contribution in [-0.4, -0.2) is 25.8 Å². The minimum Gasteiger partial charge on any atom is -0.206 e. The summed E-state index contributed by atoms with van der Waals surface area (Å²) in [5.41, 5.74) is 1.22. The molecule has 6 heteroatoms. The van der Waals surface area contributed by atoms with Crippen molar-refractivity contribution in [1.29, 1.82) is 0 Å². The summed E-state index contributed by atoms with van der Waals surface area (Å²) in [4.78, 5) is 0. The molecule has 1 atom stereocenters. The van der Waals surface area contributed by atoms with E-state index in [4.69, 9.17) is 0 Å². The van der Waals surface area contributed by atoms with Crippen molar-refractivity contribution in [3.8, 4) is 0 Å². The Morgan fingerprint density at radius 3 is 2.55 bits per heavy atom. The minimum absolute atomic E-state index is 0.300. The molecule has 2 aromatic rings. The first kappa shape index (κ1) is 14.3. The van der Waals surface area contributed by atoms with Gasteiger partial charge >= 0.3 is 0 Å². The van der Waals surface area contributed by atoms with Crippen LogP contribution in [0.15, 0.2) is 50.5 Å². The van der Waals surface area contributed by atoms with E-state index in [0.29, 0.717) is 23.2 Å². The number of rotatable bonds is 3. The molecule has 0 N–H and O–H groups in total. The first-order valence-corrected chi connectivity index (χ1v) is 9.43. The Kier molecular flexibility index (Phi) is 3.99. The fraction of sp³-hybridized carbons (Fsp3) is 0.286. The maximum absolute atomic E-state index is 12.5. The lowest BCUT2D eigenvalue weighted by atomic mass is 9.99. The highest BCUT2D eigenvalue weighted by molar-refractivity contribution is 9.11. The predicted octanol–water partition coefficient (Wildman–Crippen LogP) is 3.69. The van der Waals surface area contributed by atoms with Gasteiger partial charge in [-0.05, 0) is 46.0 Å². The zero-order chi connectivity index (χ0) is 14.2. The second-order valence-corrected chi connectivity index (χ2v) is 9.45. The summed E-state index contributed by atoms with van der Waals surface area (Å²) in [7, 11) is -3.34. The molecule has 1 aliphatic heterocycles. The third-order valence-corrected chi connectivity index (χ3v) is 7.52. The Morgan fingerprint density at radius 2 is 1.90 bits per heavy atom. The molecule has 1 fully saturated rings. The van der Waals surface area contributed by atoms with E-state index in [1.165, 1.54) is 16.9 Å². The van der Waals surface area contributed by atoms with Gasteiger partial charge in [0, 0.05) is 13.1 Å². The number of sulfonamides is 1. The van der Waals surface area contributed by atoms with Gasteiger partial charge in [0.15, 0.2) is 0 Å². The zero-order valence-electron chi connectivity index (χ0n) is 10.7. The Balaban J connectivity index is 1.80. The SMILES string of the molecule is O=S(=O)(c1ccc(Br)s1)N1CCC(c2ccccc2)C1. The summed E-state index contributed by atoms with van der Waals surface area (Å²) in [6, 6.07) is 13.6. The normalized spacial score (nSPS) is 20.4. The van der Waals surface area contributed by atoms with Gasteiger partial charge in [-0.1, -0.05) is 30.3 Å². The molecule has 0 radical (unpaired) electrons. The molecule has 0 bridgehead atoms. The molecule has 1 aromatic heterocycles. The lowest BCUT2D eigenvalue weighted by Crippen LogP contribution is -2.28. The van der Waals surface area contributed by atoms with Gasteiger partial charge in [-0.3, -0.25) is 0 Å². The molecule has 20 heavy (non-hydrogen) atoms. The van der Waals surface area contributed by atoms with Crippen molar-refractivity contribution in [2.24, 2.45) is 0 Å². The molecule has 3 nitrogen and oxygen atoms in total. The monoisotopic (exact) mass is 371 g/mol. The standard InChI is InChI=1S/C14H14BrNO2S2/c15-13-6-7-14(19-13)20(17,18)16-9-8-12(10-16)11-4-2-1-3-5-11/h1-7,12H,8-10H2. The molecule has 106 valence electrons. The number of hydrogen-bond acceptors (Lipinski definition) is 3. The van der Waals surface area contributed by atoms with Crippen molar-refractivity contribution in [2.45, 2.75) is 16.5 Å². The van der Waals surface area contributed by atoms with E-state index in [9.17, 15) is 8.42 Å². The maximum Gasteiger partial charge on any atom is 0.252 e. The van der Waals surface area contributed by atoms with Crippen LogP contribution in [-0.2, 0) is 10.0 Å². The van der Waals surface area contributed by atoms with E-state index in [1.807, 2.05) is 18.2 Å². The van der Waals surface area contributed by atoms with Crippen LogP contribution >= 0.6 is 27.3 Å². The van der Waals surface area contributed by atoms with E-state index in [1.54, 1.807) is 16.4 Å². The molecule has 1 aromatic carbocycles. The molecule has 3 rings (SSSR count). The Morgan fingerprint density at radius 1 is 1.15 bits per heavy atom. The fourth-order valence-electron chi connectivity index (χ4n) is 2.51. The molecular weight excluding hydrogens is 358 g/mol. The lowest BCUT2D eigenvalue weighted by Gasteiger charge is -2.15. The second-order valence-electron chi connectivity index (χ2n) is 4.82. The average molecular weight is 372 g/mol. The largest absolute Gasteiger partial charge is 0.252 e. The van der Waals surface area contributed by atoms with Crippen molar-refractivity contribution in [1.82, 2.24) is 4.31 Å². The van der Waals surface area contributed by atoms with Crippen LogP contribution in [0.25, 0.3) is 0 Å². The van der Waals surface area contributed by atoms with Gasteiger partial charge in [0.25, 0.3) is 10.0 Å². The highest BCUT2D eigenvalue weighted by atomic mass is 79.9. The molecule has 0 saturated carbocycles. The summed E-state index contributed by atoms with van der Waals surface area (Å²) >= 11 is 4.58. The van der Waals surface area contributed by atoms with E-state index in [2.05, 4.69) is 28.1 Å². The first-order chi connectivity index (χ1) is 9.57. The molecule has 0 amide bonds. The topological polar surface area (TPSA) is 37.4 Å².